The largest absolute Gasteiger partial charge is 0.466 e. The van der Waals surface area contributed by atoms with Crippen LogP contribution in [0.5, 0.6) is 0 Å². The molecule has 0 aromatic rings. The Labute approximate surface area is 110 Å². The fourth-order valence-electron chi connectivity index (χ4n) is 2.15. The van der Waals surface area contributed by atoms with Crippen molar-refractivity contribution in [2.24, 2.45) is 11.8 Å². The molecule has 0 aliphatic carbocycles. The quantitative estimate of drug-likeness (QED) is 0.738. The van der Waals surface area contributed by atoms with Gasteiger partial charge in [0.05, 0.1) is 18.6 Å². The first kappa shape index (κ1) is 15.8. The van der Waals surface area contributed by atoms with Crippen LogP contribution in [0.1, 0.15) is 19.8 Å². The Morgan fingerprint density at radius 2 is 2.26 bits per heavy atom. The monoisotopic (exact) mass is 278 g/mol. The highest BCUT2D eigenvalue weighted by molar-refractivity contribution is 5.72. The fourth-order valence-corrected chi connectivity index (χ4v) is 2.15. The van der Waals surface area contributed by atoms with Gasteiger partial charge in [-0.2, -0.15) is 18.4 Å². The minimum absolute atomic E-state index is 0.229. The summed E-state index contributed by atoms with van der Waals surface area (Å²) in [5, 5.41) is 8.56. The molecule has 1 rings (SSSR count). The van der Waals surface area contributed by atoms with Crippen molar-refractivity contribution >= 4 is 5.97 Å². The van der Waals surface area contributed by atoms with Crippen LogP contribution in [-0.2, 0) is 9.53 Å². The maximum absolute atomic E-state index is 12.5. The van der Waals surface area contributed by atoms with E-state index in [9.17, 15) is 18.0 Å². The highest BCUT2D eigenvalue weighted by Gasteiger charge is 2.41. The van der Waals surface area contributed by atoms with E-state index in [1.807, 2.05) is 0 Å². The summed E-state index contributed by atoms with van der Waals surface area (Å²) in [6.45, 7) is 2.28. The van der Waals surface area contributed by atoms with Crippen LogP contribution < -0.4 is 0 Å². The summed E-state index contributed by atoms with van der Waals surface area (Å²) in [5.41, 5.74) is 0. The van der Waals surface area contributed by atoms with Gasteiger partial charge in [0, 0.05) is 13.1 Å². The molecule has 0 N–H and O–H groups in total. The first-order valence-corrected chi connectivity index (χ1v) is 6.23. The molecule has 19 heavy (non-hydrogen) atoms. The molecule has 1 unspecified atom stereocenters. The number of likely N-dealkylation sites (tertiary alicyclic amines) is 1. The zero-order chi connectivity index (χ0) is 14.5. The number of ether oxygens (including phenoxy) is 1. The van der Waals surface area contributed by atoms with Gasteiger partial charge in [0.2, 0.25) is 0 Å². The predicted molar refractivity (Wildman–Crippen MR) is 61.0 cm³/mol. The normalized spacial score (nSPS) is 22.6. The Morgan fingerprint density at radius 3 is 2.79 bits per heavy atom. The van der Waals surface area contributed by atoms with Crippen LogP contribution in [0, 0.1) is 23.2 Å². The molecule has 2 atom stereocenters. The number of hydrogen-bond donors (Lipinski definition) is 0. The lowest BCUT2D eigenvalue weighted by Gasteiger charge is -2.32. The smallest absolute Gasteiger partial charge is 0.405 e. The van der Waals surface area contributed by atoms with Crippen LogP contribution >= 0.6 is 0 Å². The van der Waals surface area contributed by atoms with E-state index in [0.29, 0.717) is 19.4 Å². The fraction of sp³-hybridized carbons (Fsp3) is 0.833. The van der Waals surface area contributed by atoms with Crippen LogP contribution in [0.4, 0.5) is 13.2 Å². The number of rotatable bonds is 4. The molecule has 0 saturated carbocycles. The van der Waals surface area contributed by atoms with Gasteiger partial charge < -0.3 is 9.64 Å². The van der Waals surface area contributed by atoms with Crippen molar-refractivity contribution in [3.05, 3.63) is 0 Å². The van der Waals surface area contributed by atoms with Crippen molar-refractivity contribution in [1.29, 1.82) is 5.26 Å². The van der Waals surface area contributed by atoms with E-state index in [1.165, 1.54) is 11.0 Å². The molecule has 7 heteroatoms. The lowest BCUT2D eigenvalue weighted by molar-refractivity contribution is -0.165. The summed E-state index contributed by atoms with van der Waals surface area (Å²) in [6, 6.07) is 1.28. The first-order valence-electron chi connectivity index (χ1n) is 6.23. The van der Waals surface area contributed by atoms with Crippen LogP contribution in [0.15, 0.2) is 0 Å². The molecular weight excluding hydrogens is 261 g/mol. The molecule has 1 aliphatic heterocycles. The third kappa shape index (κ3) is 4.71. The third-order valence-corrected chi connectivity index (χ3v) is 3.12. The van der Waals surface area contributed by atoms with Crippen molar-refractivity contribution in [1.82, 2.24) is 4.90 Å². The van der Waals surface area contributed by atoms with Crippen LogP contribution in [-0.4, -0.2) is 43.3 Å². The second-order valence-electron chi connectivity index (χ2n) is 4.57. The number of carbonyl (C=O) groups is 1. The minimum Gasteiger partial charge on any atom is -0.466 e. The zero-order valence-corrected chi connectivity index (χ0v) is 10.7. The Morgan fingerprint density at radius 1 is 1.58 bits per heavy atom. The molecule has 0 amide bonds. The Hall–Kier alpha value is -1.29. The van der Waals surface area contributed by atoms with E-state index < -0.39 is 12.1 Å². The van der Waals surface area contributed by atoms with Crippen LogP contribution in [0.2, 0.25) is 0 Å². The summed E-state index contributed by atoms with van der Waals surface area (Å²) < 4.78 is 42.4. The number of piperidine rings is 1. The molecular formula is C12H17F3N2O2. The van der Waals surface area contributed by atoms with Crippen LogP contribution in [0.25, 0.3) is 0 Å². The Kier molecular flexibility index (Phi) is 5.60. The third-order valence-electron chi connectivity index (χ3n) is 3.12. The van der Waals surface area contributed by atoms with Gasteiger partial charge in [-0.3, -0.25) is 4.79 Å². The topological polar surface area (TPSA) is 53.3 Å². The van der Waals surface area contributed by atoms with Gasteiger partial charge in [0.25, 0.3) is 0 Å². The van der Waals surface area contributed by atoms with Crippen molar-refractivity contribution in [2.45, 2.75) is 25.9 Å². The molecule has 1 aliphatic rings. The standard InChI is InChI=1S/C12H17F3N2O2/c1-2-19-11(18)9-4-3-5-17(7-9)8-10(6-16)12(13,14)15/h9-10H,2-5,7-8H2,1H3/t9-,10?/m0/s1. The van der Waals surface area contributed by atoms with Gasteiger partial charge in [0.15, 0.2) is 5.92 Å². The maximum Gasteiger partial charge on any atom is 0.405 e. The number of nitriles is 1. The van der Waals surface area contributed by atoms with Gasteiger partial charge in [-0.25, -0.2) is 0 Å². The molecule has 108 valence electrons. The molecule has 1 fully saturated rings. The summed E-state index contributed by atoms with van der Waals surface area (Å²) in [6.07, 6.45) is -3.26. The van der Waals surface area contributed by atoms with Gasteiger partial charge in [0.1, 0.15) is 0 Å². The van der Waals surface area contributed by atoms with E-state index in [4.69, 9.17) is 10.00 Å². The summed E-state index contributed by atoms with van der Waals surface area (Å²) in [4.78, 5) is 13.1. The average Bonchev–Trinajstić information content (AvgIpc) is 2.35. The first-order chi connectivity index (χ1) is 8.88. The highest BCUT2D eigenvalue weighted by Crippen LogP contribution is 2.28. The molecule has 0 spiro atoms. The van der Waals surface area contributed by atoms with Gasteiger partial charge in [-0.1, -0.05) is 0 Å². The van der Waals surface area contributed by atoms with Gasteiger partial charge >= 0.3 is 12.1 Å². The van der Waals surface area contributed by atoms with Crippen molar-refractivity contribution < 1.29 is 22.7 Å². The molecule has 0 bridgehead atoms. The molecule has 4 nitrogen and oxygen atoms in total. The van der Waals surface area contributed by atoms with E-state index in [2.05, 4.69) is 0 Å². The van der Waals surface area contributed by atoms with E-state index in [0.717, 1.165) is 0 Å². The lowest BCUT2D eigenvalue weighted by Crippen LogP contribution is -2.44. The SMILES string of the molecule is CCOC(=O)[C@H]1CCCN(CC(C#N)C(F)(F)F)C1. The number of esters is 1. The second-order valence-corrected chi connectivity index (χ2v) is 4.57. The Balaban J connectivity index is 2.56. The van der Waals surface area contributed by atoms with Crippen molar-refractivity contribution in [2.75, 3.05) is 26.2 Å². The lowest BCUT2D eigenvalue weighted by atomic mass is 9.97. The molecule has 0 aromatic heterocycles. The summed E-state index contributed by atoms with van der Waals surface area (Å²) >= 11 is 0. The maximum atomic E-state index is 12.5. The molecule has 0 radical (unpaired) electrons. The Bertz CT molecular complexity index is 352. The van der Waals surface area contributed by atoms with Crippen molar-refractivity contribution in [3.8, 4) is 6.07 Å². The van der Waals surface area contributed by atoms with Crippen LogP contribution in [0.3, 0.4) is 0 Å². The zero-order valence-electron chi connectivity index (χ0n) is 10.7. The summed E-state index contributed by atoms with van der Waals surface area (Å²) in [5.74, 6) is -2.76. The van der Waals surface area contributed by atoms with E-state index in [-0.39, 0.29) is 31.6 Å². The number of nitrogens with zero attached hydrogens (tertiary/aromatic N) is 2. The van der Waals surface area contributed by atoms with Crippen molar-refractivity contribution in [3.63, 3.8) is 0 Å². The molecule has 1 heterocycles. The highest BCUT2D eigenvalue weighted by atomic mass is 19.4. The average molecular weight is 278 g/mol. The molecule has 1 saturated heterocycles. The van der Waals surface area contributed by atoms with Gasteiger partial charge in [-0.05, 0) is 26.3 Å². The van der Waals surface area contributed by atoms with Gasteiger partial charge in [-0.15, -0.1) is 0 Å². The number of hydrogen-bond acceptors (Lipinski definition) is 4. The number of halogens is 3. The second kappa shape index (κ2) is 6.75. The van der Waals surface area contributed by atoms with E-state index >= 15 is 0 Å². The summed E-state index contributed by atoms with van der Waals surface area (Å²) in [7, 11) is 0. The molecule has 0 aromatic carbocycles. The number of carbonyl (C=O) groups excluding carboxylic acids is 1. The predicted octanol–water partition coefficient (Wildman–Crippen LogP) is 1.96. The minimum atomic E-state index is -4.52. The number of alkyl halides is 3. The van der Waals surface area contributed by atoms with E-state index in [1.54, 1.807) is 6.92 Å².